The van der Waals surface area contributed by atoms with Gasteiger partial charge in [0.2, 0.25) is 23.6 Å². The Morgan fingerprint density at radius 1 is 0.741 bits per heavy atom. The summed E-state index contributed by atoms with van der Waals surface area (Å²) < 4.78 is 0.931. The van der Waals surface area contributed by atoms with Crippen LogP contribution < -0.4 is 21.3 Å². The summed E-state index contributed by atoms with van der Waals surface area (Å²) in [6.45, 7) is 10.5. The zero-order valence-corrected chi connectivity index (χ0v) is 35.6. The Kier molecular flexibility index (Phi) is 22.0. The summed E-state index contributed by atoms with van der Waals surface area (Å²) in [6, 6.07) is 5.05. The zero-order chi connectivity index (χ0) is 39.1. The van der Waals surface area contributed by atoms with Gasteiger partial charge >= 0.3 is 0 Å². The molecule has 0 saturated heterocycles. The van der Waals surface area contributed by atoms with E-state index in [0.717, 1.165) is 97.6 Å². The summed E-state index contributed by atoms with van der Waals surface area (Å²) >= 11 is 3.51. The lowest BCUT2D eigenvalue weighted by Gasteiger charge is -2.30. The first-order chi connectivity index (χ1) is 26.0. The Hall–Kier alpha value is -2.88. The molecule has 1 aromatic heterocycles. The number of benzene rings is 1. The number of rotatable bonds is 27. The van der Waals surface area contributed by atoms with Crippen LogP contribution in [0.25, 0.3) is 10.9 Å². The molecule has 1 saturated carbocycles. The SMILES string of the molecule is CC(C)CCCCCCNC(=O)CCCCCCCCCCCNC(=O)C(CNC(=O)C1CCC(C(C)C)CC1)NC(=O)Cc1c[nH]c2ccc(Br)cc12. The quantitative estimate of drug-likeness (QED) is 0.0576. The Bertz CT molecular complexity index is 1400. The minimum absolute atomic E-state index is 0.0233. The molecule has 3 rings (SSSR count). The molecule has 0 spiro atoms. The van der Waals surface area contributed by atoms with Gasteiger partial charge in [-0.05, 0) is 86.5 Å². The number of nitrogens with one attached hydrogen (secondary N) is 5. The molecule has 10 heteroatoms. The highest BCUT2D eigenvalue weighted by Gasteiger charge is 2.29. The van der Waals surface area contributed by atoms with Crippen molar-refractivity contribution in [3.63, 3.8) is 0 Å². The van der Waals surface area contributed by atoms with E-state index in [1.165, 1.54) is 51.4 Å². The highest BCUT2D eigenvalue weighted by atomic mass is 79.9. The molecular formula is C44H72BrN5O4. The van der Waals surface area contributed by atoms with Gasteiger partial charge in [-0.25, -0.2) is 0 Å². The van der Waals surface area contributed by atoms with Gasteiger partial charge in [0, 0.05) is 53.5 Å². The second-order valence-corrected chi connectivity index (χ2v) is 17.5. The molecule has 1 heterocycles. The number of fused-ring (bicyclic) bond motifs is 1. The van der Waals surface area contributed by atoms with Crippen molar-refractivity contribution in [2.75, 3.05) is 19.6 Å². The van der Waals surface area contributed by atoms with E-state index in [1.54, 1.807) is 0 Å². The smallest absolute Gasteiger partial charge is 0.244 e. The van der Waals surface area contributed by atoms with Crippen LogP contribution in [-0.2, 0) is 25.6 Å². The van der Waals surface area contributed by atoms with E-state index < -0.39 is 6.04 Å². The lowest BCUT2D eigenvalue weighted by atomic mass is 9.76. The molecule has 9 nitrogen and oxygen atoms in total. The number of unbranched alkanes of at least 4 members (excludes halogenated alkanes) is 11. The molecular weight excluding hydrogens is 742 g/mol. The number of aromatic nitrogens is 1. The average molecular weight is 815 g/mol. The van der Waals surface area contributed by atoms with Gasteiger partial charge < -0.3 is 26.3 Å². The fraction of sp³-hybridized carbons (Fsp3) is 0.727. The number of amides is 4. The molecule has 1 fully saturated rings. The van der Waals surface area contributed by atoms with Crippen molar-refractivity contribution < 1.29 is 19.2 Å². The number of hydrogen-bond acceptors (Lipinski definition) is 4. The van der Waals surface area contributed by atoms with Crippen LogP contribution in [0.3, 0.4) is 0 Å². The van der Waals surface area contributed by atoms with Gasteiger partial charge in [-0.15, -0.1) is 0 Å². The van der Waals surface area contributed by atoms with Crippen molar-refractivity contribution in [1.29, 1.82) is 0 Å². The topological polar surface area (TPSA) is 132 Å². The number of hydrogen-bond donors (Lipinski definition) is 5. The predicted octanol–water partition coefficient (Wildman–Crippen LogP) is 9.28. The molecule has 5 N–H and O–H groups in total. The fourth-order valence-corrected chi connectivity index (χ4v) is 8.01. The Morgan fingerprint density at radius 3 is 2.00 bits per heavy atom. The molecule has 1 atom stereocenters. The Morgan fingerprint density at radius 2 is 1.35 bits per heavy atom. The van der Waals surface area contributed by atoms with E-state index in [2.05, 4.69) is 69.9 Å². The molecule has 0 bridgehead atoms. The third kappa shape index (κ3) is 18.2. The summed E-state index contributed by atoms with van der Waals surface area (Å²) in [6.07, 6.45) is 22.4. The Labute approximate surface area is 334 Å². The van der Waals surface area contributed by atoms with Crippen LogP contribution in [0, 0.1) is 23.7 Å². The lowest BCUT2D eigenvalue weighted by Crippen LogP contribution is -2.53. The number of halogens is 1. The maximum Gasteiger partial charge on any atom is 0.244 e. The van der Waals surface area contributed by atoms with Gasteiger partial charge in [-0.1, -0.05) is 114 Å². The minimum atomic E-state index is -0.846. The number of H-pyrrole nitrogens is 1. The van der Waals surface area contributed by atoms with Crippen molar-refractivity contribution in [2.24, 2.45) is 23.7 Å². The average Bonchev–Trinajstić information content (AvgIpc) is 3.53. The van der Waals surface area contributed by atoms with E-state index in [0.29, 0.717) is 24.8 Å². The summed E-state index contributed by atoms with van der Waals surface area (Å²) in [7, 11) is 0. The van der Waals surface area contributed by atoms with Gasteiger partial charge in [0.1, 0.15) is 6.04 Å². The first kappa shape index (κ1) is 45.5. The van der Waals surface area contributed by atoms with Crippen molar-refractivity contribution >= 4 is 50.5 Å². The van der Waals surface area contributed by atoms with Gasteiger partial charge in [-0.2, -0.15) is 0 Å². The van der Waals surface area contributed by atoms with E-state index in [9.17, 15) is 19.2 Å². The second kappa shape index (κ2) is 26.1. The molecule has 4 amide bonds. The molecule has 1 aromatic carbocycles. The molecule has 0 radical (unpaired) electrons. The highest BCUT2D eigenvalue weighted by molar-refractivity contribution is 9.10. The summed E-state index contributed by atoms with van der Waals surface area (Å²) in [4.78, 5) is 55.0. The third-order valence-electron chi connectivity index (χ3n) is 11.2. The van der Waals surface area contributed by atoms with E-state index in [-0.39, 0.29) is 42.5 Å². The molecule has 2 aromatic rings. The maximum absolute atomic E-state index is 13.4. The molecule has 1 aliphatic rings. The highest BCUT2D eigenvalue weighted by Crippen LogP contribution is 2.33. The van der Waals surface area contributed by atoms with Crippen molar-refractivity contribution in [2.45, 2.75) is 162 Å². The van der Waals surface area contributed by atoms with Crippen molar-refractivity contribution in [3.8, 4) is 0 Å². The van der Waals surface area contributed by atoms with E-state index >= 15 is 0 Å². The van der Waals surface area contributed by atoms with Crippen LogP contribution in [0.2, 0.25) is 0 Å². The van der Waals surface area contributed by atoms with Crippen LogP contribution in [-0.4, -0.2) is 54.3 Å². The Balaban J connectivity index is 1.30. The van der Waals surface area contributed by atoms with Crippen LogP contribution in [0.5, 0.6) is 0 Å². The molecule has 54 heavy (non-hydrogen) atoms. The number of carbonyl (C=O) groups is 4. The first-order valence-electron chi connectivity index (χ1n) is 21.4. The van der Waals surface area contributed by atoms with Gasteiger partial charge in [0.05, 0.1) is 6.42 Å². The standard InChI is InChI=1S/C44H72BrN5O4/c1-32(2)18-14-11-13-16-26-46-41(51)19-15-10-8-6-5-7-9-12-17-27-47-44(54)40(31-49-43(53)35-22-20-34(21-23-35)33(3)4)50-42(52)28-36-30-48-39-25-24-37(45)29-38(36)39/h24-25,29-30,32-35,40,48H,5-23,26-28,31H2,1-4H3,(H,46,51)(H,47,54)(H,49,53)(H,50,52). The third-order valence-corrected chi connectivity index (χ3v) is 11.7. The normalized spacial score (nSPS) is 16.4. The fourth-order valence-electron chi connectivity index (χ4n) is 7.65. The van der Waals surface area contributed by atoms with Gasteiger partial charge in [0.25, 0.3) is 0 Å². The molecule has 1 aliphatic carbocycles. The van der Waals surface area contributed by atoms with Gasteiger partial charge in [-0.3, -0.25) is 19.2 Å². The van der Waals surface area contributed by atoms with Crippen molar-refractivity contribution in [1.82, 2.24) is 26.3 Å². The van der Waals surface area contributed by atoms with Crippen molar-refractivity contribution in [3.05, 3.63) is 34.4 Å². The molecule has 1 unspecified atom stereocenters. The van der Waals surface area contributed by atoms with E-state index in [4.69, 9.17) is 0 Å². The molecule has 304 valence electrons. The first-order valence-corrected chi connectivity index (χ1v) is 22.2. The van der Waals surface area contributed by atoms with Gasteiger partial charge in [0.15, 0.2) is 0 Å². The number of carbonyl (C=O) groups excluding carboxylic acids is 4. The largest absolute Gasteiger partial charge is 0.361 e. The second-order valence-electron chi connectivity index (χ2n) is 16.6. The van der Waals surface area contributed by atoms with Crippen LogP contribution in [0.1, 0.15) is 155 Å². The summed E-state index contributed by atoms with van der Waals surface area (Å²) in [5.41, 5.74) is 1.80. The number of aromatic amines is 1. The van der Waals surface area contributed by atoms with Crippen LogP contribution in [0.4, 0.5) is 0 Å². The zero-order valence-electron chi connectivity index (χ0n) is 34.0. The summed E-state index contributed by atoms with van der Waals surface area (Å²) in [5, 5.41) is 13.0. The monoisotopic (exact) mass is 813 g/mol. The van der Waals surface area contributed by atoms with Crippen LogP contribution >= 0.6 is 15.9 Å². The predicted molar refractivity (Wildman–Crippen MR) is 225 cm³/mol. The lowest BCUT2D eigenvalue weighted by molar-refractivity contribution is -0.130. The van der Waals surface area contributed by atoms with E-state index in [1.807, 2.05) is 24.4 Å². The minimum Gasteiger partial charge on any atom is -0.361 e. The summed E-state index contributed by atoms with van der Waals surface area (Å²) in [5.74, 6) is 1.68. The maximum atomic E-state index is 13.4. The van der Waals surface area contributed by atoms with Crippen LogP contribution in [0.15, 0.2) is 28.9 Å². The molecule has 0 aliphatic heterocycles.